The van der Waals surface area contributed by atoms with Crippen molar-refractivity contribution < 1.29 is 14.6 Å². The second-order valence-corrected chi connectivity index (χ2v) is 4.95. The van der Waals surface area contributed by atoms with E-state index in [4.69, 9.17) is 37.8 Å². The quantitative estimate of drug-likeness (QED) is 0.904. The molecule has 0 bridgehead atoms. The van der Waals surface area contributed by atoms with Crippen LogP contribution in [-0.4, -0.2) is 12.2 Å². The van der Waals surface area contributed by atoms with Crippen LogP contribution < -0.4 is 9.47 Å². The van der Waals surface area contributed by atoms with Gasteiger partial charge in [0.05, 0.1) is 13.7 Å². The summed E-state index contributed by atoms with van der Waals surface area (Å²) in [6.45, 7) is 0.164. The van der Waals surface area contributed by atoms with Crippen LogP contribution in [0.15, 0.2) is 36.4 Å². The number of halogens is 2. The van der Waals surface area contributed by atoms with Crippen LogP contribution in [-0.2, 0) is 13.2 Å². The van der Waals surface area contributed by atoms with Crippen molar-refractivity contribution in [2.75, 3.05) is 7.11 Å². The molecule has 0 unspecified atom stereocenters. The molecular formula is C15H14Cl2O3. The van der Waals surface area contributed by atoms with Crippen LogP contribution in [0.4, 0.5) is 0 Å². The Morgan fingerprint density at radius 3 is 2.35 bits per heavy atom. The van der Waals surface area contributed by atoms with Gasteiger partial charge in [-0.3, -0.25) is 0 Å². The lowest BCUT2D eigenvalue weighted by Crippen LogP contribution is -2.00. The minimum absolute atomic E-state index is 0.0623. The van der Waals surface area contributed by atoms with Gasteiger partial charge in [-0.25, -0.2) is 0 Å². The minimum atomic E-state index is -0.0623. The van der Waals surface area contributed by atoms with Gasteiger partial charge in [0.2, 0.25) is 0 Å². The predicted octanol–water partition coefficient (Wildman–Crippen LogP) is 4.07. The predicted molar refractivity (Wildman–Crippen MR) is 79.7 cm³/mol. The zero-order chi connectivity index (χ0) is 14.5. The highest BCUT2D eigenvalue weighted by Crippen LogP contribution is 2.31. The van der Waals surface area contributed by atoms with Gasteiger partial charge in [-0.1, -0.05) is 35.3 Å². The van der Waals surface area contributed by atoms with E-state index in [2.05, 4.69) is 0 Å². The van der Waals surface area contributed by atoms with E-state index in [1.165, 1.54) is 0 Å². The summed E-state index contributed by atoms with van der Waals surface area (Å²) in [6.07, 6.45) is 0. The Morgan fingerprint density at radius 1 is 1.05 bits per heavy atom. The Kier molecular flexibility index (Phi) is 5.12. The molecule has 0 aromatic heterocycles. The van der Waals surface area contributed by atoms with Crippen molar-refractivity contribution in [2.45, 2.75) is 13.2 Å². The van der Waals surface area contributed by atoms with Gasteiger partial charge in [-0.05, 0) is 29.8 Å². The maximum Gasteiger partial charge on any atom is 0.162 e. The fourth-order valence-electron chi connectivity index (χ4n) is 1.75. The van der Waals surface area contributed by atoms with Crippen molar-refractivity contribution in [1.29, 1.82) is 0 Å². The summed E-state index contributed by atoms with van der Waals surface area (Å²) in [4.78, 5) is 0. The topological polar surface area (TPSA) is 38.7 Å². The van der Waals surface area contributed by atoms with E-state index < -0.39 is 0 Å². The minimum Gasteiger partial charge on any atom is -0.493 e. The summed E-state index contributed by atoms with van der Waals surface area (Å²) in [5, 5.41) is 10.3. The first-order chi connectivity index (χ1) is 9.65. The second-order valence-electron chi connectivity index (χ2n) is 4.13. The molecule has 106 valence electrons. The summed E-state index contributed by atoms with van der Waals surface area (Å²) in [5.74, 6) is 1.13. The molecule has 0 saturated heterocycles. The smallest absolute Gasteiger partial charge is 0.162 e. The molecule has 0 saturated carbocycles. The molecule has 0 heterocycles. The third-order valence-corrected chi connectivity index (χ3v) is 3.55. The average Bonchev–Trinajstić information content (AvgIpc) is 2.46. The first-order valence-corrected chi connectivity index (χ1v) is 6.74. The van der Waals surface area contributed by atoms with Crippen molar-refractivity contribution in [1.82, 2.24) is 0 Å². The van der Waals surface area contributed by atoms with Gasteiger partial charge in [-0.2, -0.15) is 0 Å². The van der Waals surface area contributed by atoms with Gasteiger partial charge >= 0.3 is 0 Å². The highest BCUT2D eigenvalue weighted by molar-refractivity contribution is 6.35. The molecule has 2 rings (SSSR count). The molecule has 5 heteroatoms. The molecule has 20 heavy (non-hydrogen) atoms. The lowest BCUT2D eigenvalue weighted by Gasteiger charge is -2.13. The number of aliphatic hydroxyl groups excluding tert-OH is 1. The standard InChI is InChI=1S/C15H14Cl2O3/c1-19-14-6-5-10(8-18)7-15(14)20-9-11-12(16)3-2-4-13(11)17/h2-7,18H,8-9H2,1H3. The number of aliphatic hydroxyl groups is 1. The van der Waals surface area contributed by atoms with Crippen molar-refractivity contribution in [2.24, 2.45) is 0 Å². The van der Waals surface area contributed by atoms with Crippen LogP contribution in [0, 0.1) is 0 Å². The summed E-state index contributed by atoms with van der Waals surface area (Å²) in [7, 11) is 1.56. The van der Waals surface area contributed by atoms with Gasteiger partial charge in [0.1, 0.15) is 6.61 Å². The van der Waals surface area contributed by atoms with E-state index in [0.717, 1.165) is 5.56 Å². The van der Waals surface area contributed by atoms with Crippen molar-refractivity contribution in [3.05, 3.63) is 57.6 Å². The van der Waals surface area contributed by atoms with Crippen LogP contribution in [0.1, 0.15) is 11.1 Å². The lowest BCUT2D eigenvalue weighted by atomic mass is 10.2. The molecule has 0 amide bonds. The zero-order valence-corrected chi connectivity index (χ0v) is 12.4. The van der Waals surface area contributed by atoms with E-state index in [-0.39, 0.29) is 13.2 Å². The lowest BCUT2D eigenvalue weighted by molar-refractivity contribution is 0.272. The van der Waals surface area contributed by atoms with Gasteiger partial charge in [-0.15, -0.1) is 0 Å². The van der Waals surface area contributed by atoms with E-state index in [0.29, 0.717) is 27.1 Å². The maximum absolute atomic E-state index is 9.16. The summed E-state index contributed by atoms with van der Waals surface area (Å²) in [6, 6.07) is 10.5. The van der Waals surface area contributed by atoms with Gasteiger partial charge in [0, 0.05) is 15.6 Å². The Bertz CT molecular complexity index is 579. The molecule has 0 fully saturated rings. The number of rotatable bonds is 5. The van der Waals surface area contributed by atoms with Crippen molar-refractivity contribution in [3.63, 3.8) is 0 Å². The first kappa shape index (κ1) is 15.0. The number of ether oxygens (including phenoxy) is 2. The van der Waals surface area contributed by atoms with E-state index in [1.807, 2.05) is 0 Å². The van der Waals surface area contributed by atoms with Crippen LogP contribution in [0.2, 0.25) is 10.0 Å². The summed E-state index contributed by atoms with van der Waals surface area (Å²) < 4.78 is 10.9. The van der Waals surface area contributed by atoms with Crippen LogP contribution in [0.5, 0.6) is 11.5 Å². The highest BCUT2D eigenvalue weighted by Gasteiger charge is 2.10. The Morgan fingerprint density at radius 2 is 1.75 bits per heavy atom. The first-order valence-electron chi connectivity index (χ1n) is 5.99. The number of hydrogen-bond acceptors (Lipinski definition) is 3. The number of benzene rings is 2. The fraction of sp³-hybridized carbons (Fsp3) is 0.200. The van der Waals surface area contributed by atoms with Gasteiger partial charge < -0.3 is 14.6 Å². The Balaban J connectivity index is 2.22. The highest BCUT2D eigenvalue weighted by atomic mass is 35.5. The number of methoxy groups -OCH3 is 1. The van der Waals surface area contributed by atoms with Gasteiger partial charge in [0.15, 0.2) is 11.5 Å². The molecule has 0 radical (unpaired) electrons. The zero-order valence-electron chi connectivity index (χ0n) is 10.9. The maximum atomic E-state index is 9.16. The third-order valence-electron chi connectivity index (χ3n) is 2.84. The average molecular weight is 313 g/mol. The van der Waals surface area contributed by atoms with E-state index >= 15 is 0 Å². The molecule has 0 aliphatic rings. The Labute approximate surface area is 127 Å². The fourth-order valence-corrected chi connectivity index (χ4v) is 2.26. The monoisotopic (exact) mass is 312 g/mol. The summed E-state index contributed by atoms with van der Waals surface area (Å²) >= 11 is 12.2. The Hall–Kier alpha value is -1.42. The largest absolute Gasteiger partial charge is 0.493 e. The molecule has 3 nitrogen and oxygen atoms in total. The molecule has 2 aromatic rings. The third kappa shape index (κ3) is 3.37. The van der Waals surface area contributed by atoms with E-state index in [9.17, 15) is 0 Å². The van der Waals surface area contributed by atoms with Crippen molar-refractivity contribution >= 4 is 23.2 Å². The van der Waals surface area contributed by atoms with Crippen LogP contribution in [0.3, 0.4) is 0 Å². The van der Waals surface area contributed by atoms with Gasteiger partial charge in [0.25, 0.3) is 0 Å². The second kappa shape index (κ2) is 6.84. The number of hydrogen-bond donors (Lipinski definition) is 1. The SMILES string of the molecule is COc1ccc(CO)cc1OCc1c(Cl)cccc1Cl. The van der Waals surface area contributed by atoms with Crippen LogP contribution >= 0.6 is 23.2 Å². The molecular weight excluding hydrogens is 299 g/mol. The normalized spacial score (nSPS) is 10.4. The van der Waals surface area contributed by atoms with Crippen LogP contribution in [0.25, 0.3) is 0 Å². The van der Waals surface area contributed by atoms with E-state index in [1.54, 1.807) is 43.5 Å². The molecule has 0 aliphatic heterocycles. The molecule has 0 atom stereocenters. The van der Waals surface area contributed by atoms with Crippen molar-refractivity contribution in [3.8, 4) is 11.5 Å². The summed E-state index contributed by atoms with van der Waals surface area (Å²) in [5.41, 5.74) is 1.46. The molecule has 0 spiro atoms. The molecule has 0 aliphatic carbocycles. The molecule has 1 N–H and O–H groups in total. The molecule has 2 aromatic carbocycles.